The van der Waals surface area contributed by atoms with Gasteiger partial charge < -0.3 is 24.8 Å². The van der Waals surface area contributed by atoms with Crippen LogP contribution in [0.25, 0.3) is 0 Å². The Balaban J connectivity index is 1.41. The molecule has 2 fully saturated rings. The Labute approximate surface area is 204 Å². The number of nitrogens with zero attached hydrogens (tertiary/aromatic N) is 5. The zero-order valence-electron chi connectivity index (χ0n) is 19.3. The van der Waals surface area contributed by atoms with Crippen molar-refractivity contribution in [1.82, 2.24) is 14.9 Å². The van der Waals surface area contributed by atoms with Crippen LogP contribution in [0.15, 0.2) is 18.3 Å². The van der Waals surface area contributed by atoms with Gasteiger partial charge in [-0.25, -0.2) is 14.8 Å². The van der Waals surface area contributed by atoms with Crippen LogP contribution in [0.1, 0.15) is 41.6 Å². The van der Waals surface area contributed by atoms with Crippen LogP contribution in [0.4, 0.5) is 34.6 Å². The van der Waals surface area contributed by atoms with E-state index in [9.17, 15) is 22.8 Å². The van der Waals surface area contributed by atoms with Crippen LogP contribution in [-0.2, 0) is 10.9 Å². The minimum atomic E-state index is -4.73. The molecule has 0 aliphatic carbocycles. The van der Waals surface area contributed by atoms with Gasteiger partial charge in [-0.2, -0.15) is 13.2 Å². The molecule has 2 amide bonds. The highest BCUT2D eigenvalue weighted by Gasteiger charge is 2.40. The van der Waals surface area contributed by atoms with Gasteiger partial charge >= 0.3 is 12.3 Å². The average Bonchev–Trinajstić information content (AvgIpc) is 3.32. The predicted molar refractivity (Wildman–Crippen MR) is 126 cm³/mol. The van der Waals surface area contributed by atoms with E-state index in [1.165, 1.54) is 6.20 Å². The third-order valence-corrected chi connectivity index (χ3v) is 6.97. The first kappa shape index (κ1) is 25.0. The molecule has 2 aliphatic rings. The Morgan fingerprint density at radius 1 is 1.06 bits per heavy atom. The summed E-state index contributed by atoms with van der Waals surface area (Å²) in [4.78, 5) is 37.7. The van der Waals surface area contributed by atoms with Gasteiger partial charge in [0, 0.05) is 39.3 Å². The molecule has 2 aromatic heterocycles. The Hall–Kier alpha value is -3.09. The first-order valence-corrected chi connectivity index (χ1v) is 12.3. The fourth-order valence-corrected chi connectivity index (χ4v) is 5.08. The van der Waals surface area contributed by atoms with Gasteiger partial charge in [0.05, 0.1) is 18.5 Å². The van der Waals surface area contributed by atoms with Crippen LogP contribution in [-0.4, -0.2) is 72.7 Å². The quantitative estimate of drug-likeness (QED) is 0.646. The van der Waals surface area contributed by atoms with Gasteiger partial charge in [0.2, 0.25) is 0 Å². The van der Waals surface area contributed by atoms with Crippen LogP contribution >= 0.6 is 11.3 Å². The van der Waals surface area contributed by atoms with E-state index in [2.05, 4.69) is 15.3 Å². The number of halogens is 3. The maximum Gasteiger partial charge on any atom is 0.435 e. The Kier molecular flexibility index (Phi) is 7.63. The molecule has 0 spiro atoms. The lowest BCUT2D eigenvalue weighted by molar-refractivity contribution is -0.141. The molecule has 2 aliphatic heterocycles. The number of anilines is 3. The SMILES string of the molecule is CCOC(=O)N1CCN(c2ccc(NC(=O)c3sc(N4CCCCC4)nc3C(F)(F)F)cn2)CC1. The number of nitrogens with one attached hydrogen (secondary N) is 1. The van der Waals surface area contributed by atoms with Crippen molar-refractivity contribution < 1.29 is 27.5 Å². The molecule has 0 unspecified atom stereocenters. The van der Waals surface area contributed by atoms with Crippen molar-refractivity contribution in [2.75, 3.05) is 61.0 Å². The lowest BCUT2D eigenvalue weighted by atomic mass is 10.1. The number of hydrogen-bond donors (Lipinski definition) is 1. The number of alkyl halides is 3. The number of rotatable bonds is 5. The van der Waals surface area contributed by atoms with Crippen LogP contribution in [0, 0.1) is 0 Å². The molecule has 13 heteroatoms. The summed E-state index contributed by atoms with van der Waals surface area (Å²) in [5.74, 6) is -0.219. The molecule has 35 heavy (non-hydrogen) atoms. The molecule has 0 atom stereocenters. The molecule has 2 aromatic rings. The highest BCUT2D eigenvalue weighted by Crippen LogP contribution is 2.38. The molecule has 190 valence electrons. The summed E-state index contributed by atoms with van der Waals surface area (Å²) in [6, 6.07) is 3.28. The largest absolute Gasteiger partial charge is 0.450 e. The summed E-state index contributed by atoms with van der Waals surface area (Å²) in [5.41, 5.74) is -0.880. The van der Waals surface area contributed by atoms with E-state index in [1.807, 2.05) is 4.90 Å². The summed E-state index contributed by atoms with van der Waals surface area (Å²) in [5, 5.41) is 2.74. The third kappa shape index (κ3) is 5.95. The molecule has 1 N–H and O–H groups in total. The van der Waals surface area contributed by atoms with Gasteiger partial charge in [-0.3, -0.25) is 4.79 Å². The number of carbonyl (C=O) groups excluding carboxylic acids is 2. The fourth-order valence-electron chi connectivity index (χ4n) is 4.04. The first-order chi connectivity index (χ1) is 16.8. The minimum Gasteiger partial charge on any atom is -0.450 e. The van der Waals surface area contributed by atoms with Crippen LogP contribution in [0.5, 0.6) is 0 Å². The fraction of sp³-hybridized carbons (Fsp3) is 0.545. The van der Waals surface area contributed by atoms with E-state index in [-0.39, 0.29) is 16.9 Å². The number of aromatic nitrogens is 2. The van der Waals surface area contributed by atoms with Gasteiger partial charge in [-0.15, -0.1) is 0 Å². The number of amides is 2. The van der Waals surface area contributed by atoms with Crippen LogP contribution in [0.2, 0.25) is 0 Å². The first-order valence-electron chi connectivity index (χ1n) is 11.5. The molecule has 2 saturated heterocycles. The van der Waals surface area contributed by atoms with Crippen molar-refractivity contribution >= 4 is 40.0 Å². The van der Waals surface area contributed by atoms with Crippen molar-refractivity contribution in [2.45, 2.75) is 32.4 Å². The van der Waals surface area contributed by atoms with Crippen molar-refractivity contribution in [1.29, 1.82) is 0 Å². The third-order valence-electron chi connectivity index (χ3n) is 5.85. The smallest absolute Gasteiger partial charge is 0.435 e. The minimum absolute atomic E-state index is 0.220. The van der Waals surface area contributed by atoms with E-state index < -0.39 is 22.7 Å². The van der Waals surface area contributed by atoms with E-state index in [0.29, 0.717) is 51.7 Å². The zero-order chi connectivity index (χ0) is 25.0. The molecule has 0 aromatic carbocycles. The maximum atomic E-state index is 13.6. The number of pyridine rings is 1. The van der Waals surface area contributed by atoms with Gasteiger partial charge in [0.15, 0.2) is 10.8 Å². The number of ether oxygens (including phenoxy) is 1. The topological polar surface area (TPSA) is 90.9 Å². The van der Waals surface area contributed by atoms with Crippen molar-refractivity contribution in [3.05, 3.63) is 28.9 Å². The number of piperidine rings is 1. The molecule has 9 nitrogen and oxygen atoms in total. The van der Waals surface area contributed by atoms with Crippen molar-refractivity contribution in [3.63, 3.8) is 0 Å². The molecule has 0 saturated carbocycles. The van der Waals surface area contributed by atoms with E-state index in [0.717, 1.165) is 30.6 Å². The second kappa shape index (κ2) is 10.7. The van der Waals surface area contributed by atoms with Gasteiger partial charge in [0.1, 0.15) is 10.7 Å². The molecule has 0 radical (unpaired) electrons. The standard InChI is InChI=1S/C22H27F3N6O3S/c1-2-34-21(33)31-12-10-29(11-13-31)16-7-6-15(14-26-16)27-19(32)17-18(22(23,24)25)28-20(35-17)30-8-4-3-5-9-30/h6-7,14H,2-5,8-13H2,1H3,(H,27,32). The van der Waals surface area contributed by atoms with Gasteiger partial charge in [-0.1, -0.05) is 11.3 Å². The Morgan fingerprint density at radius 2 is 1.77 bits per heavy atom. The van der Waals surface area contributed by atoms with Crippen molar-refractivity contribution in [2.24, 2.45) is 0 Å². The summed E-state index contributed by atoms with van der Waals surface area (Å²) in [7, 11) is 0. The molecule has 4 heterocycles. The summed E-state index contributed by atoms with van der Waals surface area (Å²) < 4.78 is 45.8. The number of carbonyl (C=O) groups is 2. The number of thiazole rings is 1. The second-order valence-corrected chi connectivity index (χ2v) is 9.23. The molecule has 4 rings (SSSR count). The van der Waals surface area contributed by atoms with Gasteiger partial charge in [-0.05, 0) is 38.3 Å². The lowest BCUT2D eigenvalue weighted by Crippen LogP contribution is -2.49. The van der Waals surface area contributed by atoms with Crippen LogP contribution in [0.3, 0.4) is 0 Å². The number of piperazine rings is 1. The summed E-state index contributed by atoms with van der Waals surface area (Å²) in [6.45, 7) is 5.44. The zero-order valence-corrected chi connectivity index (χ0v) is 20.1. The average molecular weight is 513 g/mol. The summed E-state index contributed by atoms with van der Waals surface area (Å²) in [6.07, 6.45) is -0.860. The highest BCUT2D eigenvalue weighted by molar-refractivity contribution is 7.17. The predicted octanol–water partition coefficient (Wildman–Crippen LogP) is 4.08. The monoisotopic (exact) mass is 512 g/mol. The van der Waals surface area contributed by atoms with Crippen LogP contribution < -0.4 is 15.1 Å². The number of hydrogen-bond acceptors (Lipinski definition) is 8. The second-order valence-electron chi connectivity index (χ2n) is 8.25. The maximum absolute atomic E-state index is 13.6. The van der Waals surface area contributed by atoms with E-state index in [1.54, 1.807) is 28.9 Å². The summed E-state index contributed by atoms with van der Waals surface area (Å²) >= 11 is 0.764. The molecular formula is C22H27F3N6O3S. The lowest BCUT2D eigenvalue weighted by Gasteiger charge is -2.34. The Morgan fingerprint density at radius 3 is 2.37 bits per heavy atom. The molecular weight excluding hydrogens is 485 g/mol. The van der Waals surface area contributed by atoms with Gasteiger partial charge in [0.25, 0.3) is 5.91 Å². The van der Waals surface area contributed by atoms with E-state index >= 15 is 0 Å². The normalized spacial score (nSPS) is 16.9. The highest BCUT2D eigenvalue weighted by atomic mass is 32.1. The van der Waals surface area contributed by atoms with E-state index in [4.69, 9.17) is 4.74 Å². The van der Waals surface area contributed by atoms with Crippen molar-refractivity contribution in [3.8, 4) is 0 Å². The Bertz CT molecular complexity index is 1030. The molecule has 0 bridgehead atoms.